The second-order valence-corrected chi connectivity index (χ2v) is 13.2. The molecule has 9 aromatic rings. The van der Waals surface area contributed by atoms with Crippen molar-refractivity contribution in [3.8, 4) is 16.8 Å². The molecule has 7 aromatic carbocycles. The van der Waals surface area contributed by atoms with Gasteiger partial charge in [0, 0.05) is 33.5 Å². The number of fused-ring (bicyclic) bond motifs is 9. The van der Waals surface area contributed by atoms with Gasteiger partial charge in [0.1, 0.15) is 11.3 Å². The van der Waals surface area contributed by atoms with Crippen molar-refractivity contribution < 1.29 is 9.15 Å². The van der Waals surface area contributed by atoms with Crippen LogP contribution in [0.25, 0.3) is 76.9 Å². The number of nitrogens with one attached hydrogen (secondary N) is 1. The summed E-state index contributed by atoms with van der Waals surface area (Å²) < 4.78 is 15.8. The van der Waals surface area contributed by atoms with Gasteiger partial charge >= 0.3 is 0 Å². The summed E-state index contributed by atoms with van der Waals surface area (Å²) in [5.41, 5.74) is 10.2. The van der Waals surface area contributed by atoms with Gasteiger partial charge in [0.15, 0.2) is 12.0 Å². The van der Waals surface area contributed by atoms with Gasteiger partial charge in [-0.3, -0.25) is 0 Å². The van der Waals surface area contributed by atoms with E-state index in [4.69, 9.17) is 9.15 Å². The van der Waals surface area contributed by atoms with E-state index in [9.17, 15) is 0 Å². The second-order valence-electron chi connectivity index (χ2n) is 13.2. The van der Waals surface area contributed by atoms with Crippen LogP contribution < -0.4 is 5.32 Å². The van der Waals surface area contributed by atoms with Gasteiger partial charge in [-0.2, -0.15) is 0 Å². The fourth-order valence-electron chi connectivity index (χ4n) is 8.25. The summed E-state index contributed by atoms with van der Waals surface area (Å²) in [4.78, 5) is 0. The van der Waals surface area contributed by atoms with Crippen LogP contribution in [0.1, 0.15) is 29.5 Å². The molecule has 0 spiro atoms. The molecule has 4 nitrogen and oxygen atoms in total. The van der Waals surface area contributed by atoms with Crippen LogP contribution in [0, 0.1) is 0 Å². The average Bonchev–Trinajstić information content (AvgIpc) is 3.85. The second kappa shape index (κ2) is 10.1. The molecule has 2 aliphatic rings. The van der Waals surface area contributed by atoms with Crippen molar-refractivity contribution in [2.24, 2.45) is 0 Å². The van der Waals surface area contributed by atoms with Crippen LogP contribution >= 0.6 is 0 Å². The monoisotopic (exact) mass is 630 g/mol. The quantitative estimate of drug-likeness (QED) is 0.211. The third-order valence-electron chi connectivity index (χ3n) is 10.5. The molecule has 1 unspecified atom stereocenters. The third-order valence-corrected chi connectivity index (χ3v) is 10.5. The molecular formula is C45H30N2O2. The van der Waals surface area contributed by atoms with Gasteiger partial charge in [-0.05, 0) is 70.1 Å². The van der Waals surface area contributed by atoms with Crippen molar-refractivity contribution >= 4 is 60.1 Å². The number of aryl methyl sites for hydroxylation is 1. The minimum atomic E-state index is -0.304. The van der Waals surface area contributed by atoms with Crippen LogP contribution in [0.4, 0.5) is 0 Å². The molecule has 2 aromatic heterocycles. The zero-order chi connectivity index (χ0) is 32.1. The maximum Gasteiger partial charge on any atom is 0.197 e. The van der Waals surface area contributed by atoms with Crippen LogP contribution in [-0.2, 0) is 11.2 Å². The van der Waals surface area contributed by atoms with E-state index < -0.39 is 0 Å². The minimum Gasteiger partial charge on any atom is -0.464 e. The van der Waals surface area contributed by atoms with E-state index in [1.54, 1.807) is 0 Å². The summed E-state index contributed by atoms with van der Waals surface area (Å²) in [6.07, 6.45) is 1.39. The molecule has 1 aliphatic carbocycles. The lowest BCUT2D eigenvalue weighted by atomic mass is 9.95. The summed E-state index contributed by atoms with van der Waals surface area (Å²) in [7, 11) is 0. The Labute approximate surface area is 282 Å². The molecule has 1 N–H and O–H groups in total. The van der Waals surface area contributed by atoms with Crippen LogP contribution in [0.5, 0.6) is 0 Å². The molecule has 11 rings (SSSR count). The van der Waals surface area contributed by atoms with E-state index in [2.05, 4.69) is 155 Å². The van der Waals surface area contributed by atoms with Gasteiger partial charge in [0.25, 0.3) is 0 Å². The Hall–Kier alpha value is -6.26. The van der Waals surface area contributed by atoms with Crippen molar-refractivity contribution in [3.05, 3.63) is 168 Å². The molecular weight excluding hydrogens is 601 g/mol. The molecule has 1 atom stereocenters. The van der Waals surface area contributed by atoms with Gasteiger partial charge in [-0.1, -0.05) is 109 Å². The fraction of sp³-hybridized carbons (Fsp3) is 0.0667. The predicted octanol–water partition coefficient (Wildman–Crippen LogP) is 11.4. The number of benzene rings is 7. The summed E-state index contributed by atoms with van der Waals surface area (Å²) in [5, 5.41) is 12.3. The van der Waals surface area contributed by atoms with Crippen LogP contribution in [0.3, 0.4) is 0 Å². The Bertz CT molecular complexity index is 2800. The number of para-hydroxylation sites is 2. The van der Waals surface area contributed by atoms with Gasteiger partial charge < -0.3 is 19.0 Å². The first kappa shape index (κ1) is 26.8. The van der Waals surface area contributed by atoms with Crippen molar-refractivity contribution in [3.63, 3.8) is 0 Å². The third kappa shape index (κ3) is 3.92. The Morgan fingerprint density at radius 1 is 0.551 bits per heavy atom. The number of nitrogens with zero attached hydrogens (tertiary/aromatic N) is 1. The number of rotatable bonds is 3. The number of hydrogen-bond acceptors (Lipinski definition) is 3. The molecule has 49 heavy (non-hydrogen) atoms. The lowest BCUT2D eigenvalue weighted by Gasteiger charge is -2.19. The first-order valence-corrected chi connectivity index (χ1v) is 17.0. The van der Waals surface area contributed by atoms with E-state index >= 15 is 0 Å². The van der Waals surface area contributed by atoms with E-state index in [0.29, 0.717) is 0 Å². The van der Waals surface area contributed by atoms with Crippen LogP contribution in [-0.4, -0.2) is 4.57 Å². The Kier molecular flexibility index (Phi) is 5.53. The lowest BCUT2D eigenvalue weighted by molar-refractivity contribution is 0.175. The van der Waals surface area contributed by atoms with Crippen molar-refractivity contribution in [2.75, 3.05) is 0 Å². The Morgan fingerprint density at radius 2 is 1.22 bits per heavy atom. The molecule has 0 radical (unpaired) electrons. The number of furan rings is 1. The number of allylic oxidation sites excluding steroid dienone is 1. The molecule has 0 saturated carbocycles. The first-order chi connectivity index (χ1) is 24.3. The van der Waals surface area contributed by atoms with E-state index in [-0.39, 0.29) is 6.23 Å². The fourth-order valence-corrected chi connectivity index (χ4v) is 8.25. The highest BCUT2D eigenvalue weighted by molar-refractivity contribution is 6.10. The lowest BCUT2D eigenvalue weighted by Crippen LogP contribution is -2.16. The van der Waals surface area contributed by atoms with Crippen molar-refractivity contribution in [1.29, 1.82) is 0 Å². The molecule has 4 heteroatoms. The Balaban J connectivity index is 1.01. The van der Waals surface area contributed by atoms with Crippen LogP contribution in [0.2, 0.25) is 0 Å². The zero-order valence-corrected chi connectivity index (χ0v) is 26.6. The molecule has 0 fully saturated rings. The smallest absolute Gasteiger partial charge is 0.197 e. The van der Waals surface area contributed by atoms with E-state index in [0.717, 1.165) is 57.8 Å². The van der Waals surface area contributed by atoms with Gasteiger partial charge in [0.05, 0.1) is 28.0 Å². The number of aromatic nitrogens is 1. The minimum absolute atomic E-state index is 0.304. The van der Waals surface area contributed by atoms with E-state index in [1.165, 1.54) is 54.5 Å². The van der Waals surface area contributed by atoms with Crippen molar-refractivity contribution in [1.82, 2.24) is 9.88 Å². The van der Waals surface area contributed by atoms with Crippen LogP contribution in [0.15, 0.2) is 156 Å². The van der Waals surface area contributed by atoms with Gasteiger partial charge in [0.2, 0.25) is 0 Å². The highest BCUT2D eigenvalue weighted by Gasteiger charge is 2.35. The normalized spacial score (nSPS) is 15.6. The van der Waals surface area contributed by atoms with Gasteiger partial charge in [-0.25, -0.2) is 0 Å². The largest absolute Gasteiger partial charge is 0.464 e. The summed E-state index contributed by atoms with van der Waals surface area (Å²) in [6, 6.07) is 52.3. The standard InChI is InChI=1S/C45H30N2O2/c1-2-10-28-25-29(18-17-27(28)9-1)30-19-23-41-36(26-30)43-42(48-41)24-21-37-44(43)49-45(46-37)35-20-22-40(32-12-4-3-11-31(32)35)47-38-15-7-5-13-33(38)34-14-6-8-16-39(34)47/h1-20,22-23,25-26,45-46H,21,24H2. The summed E-state index contributed by atoms with van der Waals surface area (Å²) >= 11 is 0. The SMILES string of the molecule is c1ccc2cc(-c3ccc4oc5c(c4c3)C3=C(CC5)NC(c4ccc(-n5c6ccccc6c6ccccc65)c5ccccc45)O3)ccc2c1. The zero-order valence-electron chi connectivity index (χ0n) is 26.6. The highest BCUT2D eigenvalue weighted by Crippen LogP contribution is 2.46. The maximum absolute atomic E-state index is 6.93. The maximum atomic E-state index is 6.93. The molecule has 0 bridgehead atoms. The summed E-state index contributed by atoms with van der Waals surface area (Å²) in [6.45, 7) is 0. The predicted molar refractivity (Wildman–Crippen MR) is 200 cm³/mol. The van der Waals surface area contributed by atoms with Crippen molar-refractivity contribution in [2.45, 2.75) is 19.1 Å². The molecule has 1 aliphatic heterocycles. The average molecular weight is 631 g/mol. The number of ether oxygens (including phenoxy) is 1. The topological polar surface area (TPSA) is 39.3 Å². The van der Waals surface area contributed by atoms with Gasteiger partial charge in [-0.15, -0.1) is 0 Å². The number of hydrogen-bond donors (Lipinski definition) is 1. The molecule has 3 heterocycles. The van der Waals surface area contributed by atoms with E-state index in [1.807, 2.05) is 0 Å². The molecule has 0 saturated heterocycles. The molecule has 232 valence electrons. The Morgan fingerprint density at radius 3 is 2.04 bits per heavy atom. The summed E-state index contributed by atoms with van der Waals surface area (Å²) in [5.74, 6) is 1.91. The molecule has 0 amide bonds. The highest BCUT2D eigenvalue weighted by atomic mass is 16.5. The first-order valence-electron chi connectivity index (χ1n) is 17.0.